The van der Waals surface area contributed by atoms with Crippen molar-refractivity contribution < 1.29 is 4.79 Å². The maximum absolute atomic E-state index is 10.5. The zero-order valence-electron chi connectivity index (χ0n) is 10.3. The van der Waals surface area contributed by atoms with E-state index in [-0.39, 0.29) is 4.81 Å². The van der Waals surface area contributed by atoms with Crippen LogP contribution in [0.1, 0.15) is 64.7 Å². The number of rotatable bonds is 11. The van der Waals surface area contributed by atoms with Gasteiger partial charge in [-0.2, -0.15) is 0 Å². The van der Waals surface area contributed by atoms with Crippen LogP contribution in [-0.2, 0) is 0 Å². The van der Waals surface area contributed by atoms with Gasteiger partial charge in [0.2, 0.25) is 0 Å². The molecule has 4 heteroatoms. The van der Waals surface area contributed by atoms with E-state index in [1.54, 1.807) is 0 Å². The normalized spacial score (nSPS) is 10.4. The second kappa shape index (κ2) is 13.4. The molecule has 0 saturated heterocycles. The summed E-state index contributed by atoms with van der Waals surface area (Å²) in [7, 11) is 0. The number of amides is 1. The Morgan fingerprint density at radius 2 is 1.50 bits per heavy atom. The molecule has 96 valence electrons. The first-order chi connectivity index (χ1) is 7.77. The van der Waals surface area contributed by atoms with Crippen molar-refractivity contribution in [2.24, 2.45) is 0 Å². The molecule has 0 aliphatic carbocycles. The average molecular weight is 310 g/mol. The van der Waals surface area contributed by atoms with E-state index in [1.165, 1.54) is 69.7 Å². The summed E-state index contributed by atoms with van der Waals surface area (Å²) in [5, 5.41) is 0. The molecule has 0 bridgehead atoms. The van der Waals surface area contributed by atoms with Crippen molar-refractivity contribution in [1.29, 1.82) is 0 Å². The second-order valence-corrected chi connectivity index (χ2v) is 5.84. The molecule has 1 N–H and O–H groups in total. The summed E-state index contributed by atoms with van der Waals surface area (Å²) < 4.78 is 2.72. The summed E-state index contributed by atoms with van der Waals surface area (Å²) in [6, 6.07) is 0. The SMILES string of the molecule is CCCCCCCCCCCSNC(=O)[SeH]. The predicted molar refractivity (Wildman–Crippen MR) is 75.4 cm³/mol. The summed E-state index contributed by atoms with van der Waals surface area (Å²) in [5.74, 6) is 1.04. The molecule has 0 aromatic carbocycles. The minimum absolute atomic E-state index is 0.00609. The van der Waals surface area contributed by atoms with E-state index < -0.39 is 0 Å². The van der Waals surface area contributed by atoms with Crippen molar-refractivity contribution >= 4 is 32.8 Å². The quantitative estimate of drug-likeness (QED) is 0.357. The molecule has 0 rings (SSSR count). The second-order valence-electron chi connectivity index (χ2n) is 4.08. The topological polar surface area (TPSA) is 29.1 Å². The molecular formula is C12H25NOSSe. The molecule has 0 aliphatic rings. The van der Waals surface area contributed by atoms with Crippen LogP contribution < -0.4 is 4.72 Å². The van der Waals surface area contributed by atoms with Crippen molar-refractivity contribution in [2.75, 3.05) is 5.75 Å². The summed E-state index contributed by atoms with van der Waals surface area (Å²) in [6.07, 6.45) is 12.2. The summed E-state index contributed by atoms with van der Waals surface area (Å²) in [4.78, 5) is 10.5. The van der Waals surface area contributed by atoms with Crippen molar-refractivity contribution in [3.05, 3.63) is 0 Å². The third kappa shape index (κ3) is 14.3. The predicted octanol–water partition coefficient (Wildman–Crippen LogP) is 3.78. The Morgan fingerprint density at radius 1 is 1.00 bits per heavy atom. The number of nitrogens with one attached hydrogen (secondary N) is 1. The zero-order valence-corrected chi connectivity index (χ0v) is 13.0. The molecule has 0 aromatic rings. The van der Waals surface area contributed by atoms with Crippen LogP contribution in [0.15, 0.2) is 0 Å². The van der Waals surface area contributed by atoms with Crippen molar-refractivity contribution in [1.82, 2.24) is 4.72 Å². The monoisotopic (exact) mass is 311 g/mol. The fourth-order valence-electron chi connectivity index (χ4n) is 1.60. The van der Waals surface area contributed by atoms with Crippen LogP contribution in [0.4, 0.5) is 4.79 Å². The van der Waals surface area contributed by atoms with Gasteiger partial charge in [0.25, 0.3) is 0 Å². The first-order valence-electron chi connectivity index (χ1n) is 6.38. The molecule has 0 aliphatic heterocycles. The summed E-state index contributed by atoms with van der Waals surface area (Å²) in [6.45, 7) is 2.26. The van der Waals surface area contributed by atoms with Gasteiger partial charge in [0, 0.05) is 0 Å². The molecule has 0 saturated carbocycles. The van der Waals surface area contributed by atoms with Crippen molar-refractivity contribution in [2.45, 2.75) is 64.7 Å². The van der Waals surface area contributed by atoms with Crippen LogP contribution in [0.25, 0.3) is 0 Å². The van der Waals surface area contributed by atoms with Gasteiger partial charge in [0.05, 0.1) is 0 Å². The van der Waals surface area contributed by atoms with Gasteiger partial charge in [-0.15, -0.1) is 0 Å². The van der Waals surface area contributed by atoms with Gasteiger partial charge in [0.15, 0.2) is 0 Å². The molecule has 2 nitrogen and oxygen atoms in total. The molecule has 0 heterocycles. The minimum atomic E-state index is -0.00609. The van der Waals surface area contributed by atoms with Gasteiger partial charge in [-0.25, -0.2) is 0 Å². The van der Waals surface area contributed by atoms with E-state index in [1.807, 2.05) is 16.0 Å². The van der Waals surface area contributed by atoms with Crippen LogP contribution in [0.3, 0.4) is 0 Å². The number of carbonyl (C=O) groups excluding carboxylic acids is 1. The molecular weight excluding hydrogens is 285 g/mol. The fraction of sp³-hybridized carbons (Fsp3) is 0.917. The third-order valence-electron chi connectivity index (χ3n) is 2.51. The van der Waals surface area contributed by atoms with E-state index >= 15 is 0 Å². The van der Waals surface area contributed by atoms with Crippen LogP contribution in [0, 0.1) is 0 Å². The van der Waals surface area contributed by atoms with Gasteiger partial charge < -0.3 is 0 Å². The maximum atomic E-state index is 10.5. The molecule has 0 atom stereocenters. The fourth-order valence-corrected chi connectivity index (χ4v) is 2.58. The summed E-state index contributed by atoms with van der Waals surface area (Å²) in [5.41, 5.74) is 0. The van der Waals surface area contributed by atoms with Gasteiger partial charge in [0.1, 0.15) is 0 Å². The standard InChI is InChI=1S/C12H25NOSSe/c1-2-3-4-5-6-7-8-9-10-11-15-13-12(14)16/h2-11H2,1H3,(H2,13,14,16). The number of hydrogen-bond donors (Lipinski definition) is 1. The van der Waals surface area contributed by atoms with Gasteiger partial charge >= 0.3 is 99.4 Å². The molecule has 1 amide bonds. The van der Waals surface area contributed by atoms with E-state index in [2.05, 4.69) is 11.6 Å². The van der Waals surface area contributed by atoms with Gasteiger partial charge in [-0.1, -0.05) is 13.3 Å². The Morgan fingerprint density at radius 3 is 2.00 bits per heavy atom. The summed E-state index contributed by atoms with van der Waals surface area (Å²) >= 11 is 3.50. The Labute approximate surface area is 113 Å². The Balaban J connectivity index is 2.90. The first-order valence-corrected chi connectivity index (χ1v) is 8.30. The van der Waals surface area contributed by atoms with Crippen LogP contribution in [-0.4, -0.2) is 26.6 Å². The van der Waals surface area contributed by atoms with Gasteiger partial charge in [-0.3, -0.25) is 0 Å². The molecule has 0 spiro atoms. The third-order valence-corrected chi connectivity index (χ3v) is 3.90. The number of hydrogen-bond acceptors (Lipinski definition) is 2. The zero-order chi connectivity index (χ0) is 12.1. The Bertz CT molecular complexity index is 167. The van der Waals surface area contributed by atoms with E-state index in [0.29, 0.717) is 0 Å². The van der Waals surface area contributed by atoms with E-state index in [0.717, 1.165) is 5.75 Å². The Kier molecular flexibility index (Phi) is 13.7. The van der Waals surface area contributed by atoms with Crippen LogP contribution in [0.2, 0.25) is 0 Å². The molecule has 0 radical (unpaired) electrons. The number of carbonyl (C=O) groups is 1. The Hall–Kier alpha value is 0.339. The first kappa shape index (κ1) is 16.3. The van der Waals surface area contributed by atoms with Crippen LogP contribution >= 0.6 is 11.9 Å². The van der Waals surface area contributed by atoms with Crippen molar-refractivity contribution in [3.8, 4) is 0 Å². The molecule has 0 fully saturated rings. The van der Waals surface area contributed by atoms with E-state index in [4.69, 9.17) is 0 Å². The van der Waals surface area contributed by atoms with E-state index in [9.17, 15) is 4.79 Å². The molecule has 0 aromatic heterocycles. The molecule has 16 heavy (non-hydrogen) atoms. The average Bonchev–Trinajstić information content (AvgIpc) is 2.25. The van der Waals surface area contributed by atoms with Gasteiger partial charge in [-0.05, 0) is 0 Å². The van der Waals surface area contributed by atoms with Crippen molar-refractivity contribution in [3.63, 3.8) is 0 Å². The molecule has 0 unspecified atom stereocenters. The van der Waals surface area contributed by atoms with Crippen LogP contribution in [0.5, 0.6) is 0 Å². The number of unbranched alkanes of at least 4 members (excludes halogenated alkanes) is 8.